The molecule has 6 nitrogen and oxygen atoms in total. The normalized spacial score (nSPS) is 13.7. The first-order chi connectivity index (χ1) is 14.1. The Kier molecular flexibility index (Phi) is 6.64. The van der Waals surface area contributed by atoms with Crippen molar-refractivity contribution in [1.29, 1.82) is 5.26 Å². The minimum atomic E-state index is -0.374. The number of rotatable bonds is 6. The second kappa shape index (κ2) is 9.56. The van der Waals surface area contributed by atoms with E-state index < -0.39 is 0 Å². The lowest BCUT2D eigenvalue weighted by Crippen LogP contribution is -2.28. The van der Waals surface area contributed by atoms with E-state index >= 15 is 0 Å². The number of hydrogen-bond acceptors (Lipinski definition) is 5. The fraction of sp³-hybridized carbons (Fsp3) is 0.261. The quantitative estimate of drug-likeness (QED) is 0.428. The molecule has 0 spiro atoms. The molecule has 3 rings (SSSR count). The molecule has 0 aliphatic carbocycles. The van der Waals surface area contributed by atoms with Gasteiger partial charge in [-0.3, -0.25) is 4.79 Å². The van der Waals surface area contributed by atoms with Gasteiger partial charge < -0.3 is 14.4 Å². The second-order valence-electron chi connectivity index (χ2n) is 6.72. The van der Waals surface area contributed by atoms with Crippen LogP contribution in [0.5, 0.6) is 5.75 Å². The zero-order valence-corrected chi connectivity index (χ0v) is 16.3. The van der Waals surface area contributed by atoms with Crippen molar-refractivity contribution < 1.29 is 19.1 Å². The summed E-state index contributed by atoms with van der Waals surface area (Å²) in [7, 11) is 1.35. The molecule has 1 aliphatic heterocycles. The lowest BCUT2D eigenvalue weighted by Gasteiger charge is -2.14. The van der Waals surface area contributed by atoms with Gasteiger partial charge in [-0.25, -0.2) is 4.79 Å². The van der Waals surface area contributed by atoms with E-state index in [4.69, 9.17) is 4.74 Å². The predicted octanol–water partition coefficient (Wildman–Crippen LogP) is 3.58. The van der Waals surface area contributed by atoms with Crippen LogP contribution < -0.4 is 4.74 Å². The molecule has 0 atom stereocenters. The van der Waals surface area contributed by atoms with Crippen LogP contribution in [0.2, 0.25) is 0 Å². The third kappa shape index (κ3) is 5.23. The minimum Gasteiger partial charge on any atom is -0.489 e. The van der Waals surface area contributed by atoms with Gasteiger partial charge in [-0.05, 0) is 54.3 Å². The van der Waals surface area contributed by atoms with Crippen LogP contribution in [0.4, 0.5) is 0 Å². The van der Waals surface area contributed by atoms with Crippen molar-refractivity contribution in [3.05, 3.63) is 70.8 Å². The number of ether oxygens (including phenoxy) is 2. The Morgan fingerprint density at radius 3 is 2.31 bits per heavy atom. The molecule has 1 heterocycles. The maximum atomic E-state index is 12.4. The zero-order chi connectivity index (χ0) is 20.6. The average molecular weight is 390 g/mol. The molecule has 1 fully saturated rings. The van der Waals surface area contributed by atoms with Gasteiger partial charge in [0, 0.05) is 13.1 Å². The number of nitriles is 1. The molecule has 0 unspecified atom stereocenters. The van der Waals surface area contributed by atoms with Gasteiger partial charge >= 0.3 is 5.97 Å². The highest BCUT2D eigenvalue weighted by Gasteiger charge is 2.21. The zero-order valence-electron chi connectivity index (χ0n) is 16.3. The topological polar surface area (TPSA) is 79.6 Å². The molecule has 0 saturated carbocycles. The van der Waals surface area contributed by atoms with Gasteiger partial charge in [-0.15, -0.1) is 0 Å². The number of nitrogens with zero attached hydrogens (tertiary/aromatic N) is 2. The number of carbonyl (C=O) groups is 2. The average Bonchev–Trinajstić information content (AvgIpc) is 3.31. The van der Waals surface area contributed by atoms with Gasteiger partial charge in [0.05, 0.1) is 12.7 Å². The summed E-state index contributed by atoms with van der Waals surface area (Å²) in [6.45, 7) is 1.78. The van der Waals surface area contributed by atoms with Gasteiger partial charge in [0.15, 0.2) is 0 Å². The van der Waals surface area contributed by atoms with Gasteiger partial charge in [-0.2, -0.15) is 5.26 Å². The summed E-state index contributed by atoms with van der Waals surface area (Å²) in [5.41, 5.74) is 2.32. The van der Waals surface area contributed by atoms with Gasteiger partial charge in [-0.1, -0.05) is 24.3 Å². The number of esters is 1. The Balaban J connectivity index is 1.60. The molecule has 2 aromatic carbocycles. The van der Waals surface area contributed by atoms with Crippen LogP contribution in [0.15, 0.2) is 54.1 Å². The number of methoxy groups -OCH3 is 1. The predicted molar refractivity (Wildman–Crippen MR) is 108 cm³/mol. The highest BCUT2D eigenvalue weighted by molar-refractivity contribution is 6.01. The van der Waals surface area contributed by atoms with E-state index in [-0.39, 0.29) is 17.4 Å². The molecule has 0 radical (unpaired) electrons. The molecule has 148 valence electrons. The highest BCUT2D eigenvalue weighted by Crippen LogP contribution is 2.18. The summed E-state index contributed by atoms with van der Waals surface area (Å²) >= 11 is 0. The van der Waals surface area contributed by atoms with Crippen molar-refractivity contribution in [1.82, 2.24) is 4.90 Å². The Bertz CT molecular complexity index is 934. The molecule has 0 bridgehead atoms. The summed E-state index contributed by atoms with van der Waals surface area (Å²) in [6.07, 6.45) is 3.58. The molecule has 6 heteroatoms. The Hall–Kier alpha value is -3.59. The molecule has 1 amide bonds. The molecule has 29 heavy (non-hydrogen) atoms. The van der Waals surface area contributed by atoms with Crippen LogP contribution >= 0.6 is 0 Å². The Morgan fingerprint density at radius 1 is 1.07 bits per heavy atom. The lowest BCUT2D eigenvalue weighted by atomic mass is 10.1. The Morgan fingerprint density at radius 2 is 1.72 bits per heavy atom. The summed E-state index contributed by atoms with van der Waals surface area (Å²) in [5.74, 6) is 0.0883. The molecule has 1 aliphatic rings. The van der Waals surface area contributed by atoms with Crippen molar-refractivity contribution in [3.63, 3.8) is 0 Å². The van der Waals surface area contributed by atoms with Crippen LogP contribution in [-0.2, 0) is 16.1 Å². The van der Waals surface area contributed by atoms with E-state index in [1.54, 1.807) is 35.2 Å². The fourth-order valence-electron chi connectivity index (χ4n) is 3.08. The fourth-order valence-corrected chi connectivity index (χ4v) is 3.08. The van der Waals surface area contributed by atoms with Gasteiger partial charge in [0.1, 0.15) is 24.0 Å². The van der Waals surface area contributed by atoms with E-state index in [0.717, 1.165) is 24.0 Å². The summed E-state index contributed by atoms with van der Waals surface area (Å²) in [6, 6.07) is 16.2. The maximum absolute atomic E-state index is 12.4. The van der Waals surface area contributed by atoms with Gasteiger partial charge in [0.25, 0.3) is 5.91 Å². The monoisotopic (exact) mass is 390 g/mol. The van der Waals surface area contributed by atoms with Crippen molar-refractivity contribution >= 4 is 18.0 Å². The lowest BCUT2D eigenvalue weighted by molar-refractivity contribution is -0.125. The number of likely N-dealkylation sites (tertiary alicyclic amines) is 1. The van der Waals surface area contributed by atoms with Crippen LogP contribution in [0.1, 0.15) is 34.3 Å². The maximum Gasteiger partial charge on any atom is 0.337 e. The molecule has 2 aromatic rings. The number of amides is 1. The van der Waals surface area contributed by atoms with E-state index in [1.165, 1.54) is 7.11 Å². The minimum absolute atomic E-state index is 0.145. The molecular weight excluding hydrogens is 368 g/mol. The van der Waals surface area contributed by atoms with Crippen molar-refractivity contribution in [2.45, 2.75) is 19.4 Å². The SMILES string of the molecule is COC(=O)c1ccc(COc2ccc(/C=C(/C#N)C(=O)N3CCCC3)cc2)cc1. The van der Waals surface area contributed by atoms with Gasteiger partial charge in [0.2, 0.25) is 0 Å². The largest absolute Gasteiger partial charge is 0.489 e. The van der Waals surface area contributed by atoms with E-state index in [1.807, 2.05) is 30.3 Å². The first-order valence-electron chi connectivity index (χ1n) is 9.42. The van der Waals surface area contributed by atoms with Crippen LogP contribution in [0.3, 0.4) is 0 Å². The van der Waals surface area contributed by atoms with Crippen LogP contribution in [-0.4, -0.2) is 37.0 Å². The Labute approximate surface area is 170 Å². The number of carbonyl (C=O) groups excluding carboxylic acids is 2. The summed E-state index contributed by atoms with van der Waals surface area (Å²) in [5, 5.41) is 9.33. The number of benzene rings is 2. The molecule has 0 N–H and O–H groups in total. The van der Waals surface area contributed by atoms with Crippen molar-refractivity contribution in [2.75, 3.05) is 20.2 Å². The van der Waals surface area contributed by atoms with E-state index in [0.29, 0.717) is 31.0 Å². The third-order valence-electron chi connectivity index (χ3n) is 4.72. The van der Waals surface area contributed by atoms with E-state index in [9.17, 15) is 14.9 Å². The first kappa shape index (κ1) is 20.2. The van der Waals surface area contributed by atoms with Crippen LogP contribution in [0, 0.1) is 11.3 Å². The molecule has 0 aromatic heterocycles. The first-order valence-corrected chi connectivity index (χ1v) is 9.42. The second-order valence-corrected chi connectivity index (χ2v) is 6.72. The van der Waals surface area contributed by atoms with Crippen molar-refractivity contribution in [3.8, 4) is 11.8 Å². The number of hydrogen-bond donors (Lipinski definition) is 0. The molecular formula is C23H22N2O4. The highest BCUT2D eigenvalue weighted by atomic mass is 16.5. The third-order valence-corrected chi connectivity index (χ3v) is 4.72. The van der Waals surface area contributed by atoms with Crippen molar-refractivity contribution in [2.24, 2.45) is 0 Å². The molecule has 1 saturated heterocycles. The summed E-state index contributed by atoms with van der Waals surface area (Å²) < 4.78 is 10.4. The standard InChI is InChI=1S/C23H22N2O4/c1-28-23(27)19-8-4-18(5-9-19)16-29-21-10-6-17(7-11-21)14-20(15-24)22(26)25-12-2-3-13-25/h4-11,14H,2-3,12-13,16H2,1H3/b20-14-. The van der Waals surface area contributed by atoms with Crippen LogP contribution in [0.25, 0.3) is 6.08 Å². The van der Waals surface area contributed by atoms with E-state index in [2.05, 4.69) is 4.74 Å². The summed E-state index contributed by atoms with van der Waals surface area (Å²) in [4.78, 5) is 25.5. The smallest absolute Gasteiger partial charge is 0.337 e.